The van der Waals surface area contributed by atoms with E-state index in [0.29, 0.717) is 45.3 Å². The van der Waals surface area contributed by atoms with E-state index in [4.69, 9.17) is 21.7 Å². The third-order valence-electron chi connectivity index (χ3n) is 10.3. The van der Waals surface area contributed by atoms with E-state index in [9.17, 15) is 33.6 Å². The predicted molar refractivity (Wildman–Crippen MR) is 214 cm³/mol. The van der Waals surface area contributed by atoms with Crippen molar-refractivity contribution in [1.82, 2.24) is 30.7 Å². The first kappa shape index (κ1) is 45.3. The maximum Gasteiger partial charge on any atom is 0.323 e. The molecule has 6 atom stereocenters. The average molecular weight is 807 g/mol. The van der Waals surface area contributed by atoms with Gasteiger partial charge in [0.1, 0.15) is 31.2 Å². The number of nitrogens with zero attached hydrogens (tertiary/aromatic N) is 3. The van der Waals surface area contributed by atoms with Crippen LogP contribution in [0.4, 0.5) is 0 Å². The third-order valence-corrected chi connectivity index (χ3v) is 10.3. The first-order chi connectivity index (χ1) is 27.6. The van der Waals surface area contributed by atoms with Crippen LogP contribution in [-0.4, -0.2) is 142 Å². The minimum absolute atomic E-state index is 0.0331. The number of hydrogen-bond donors (Lipinski definition) is 7. The highest BCUT2D eigenvalue weighted by Gasteiger charge is 2.49. The van der Waals surface area contributed by atoms with Crippen molar-refractivity contribution in [3.63, 3.8) is 0 Å². The number of likely N-dealkylation sites (tertiary alicyclic amines) is 2. The number of nitrogens with one attached hydrogen (secondary N) is 3. The van der Waals surface area contributed by atoms with Gasteiger partial charge in [-0.1, -0.05) is 74.5 Å². The van der Waals surface area contributed by atoms with E-state index in [1.807, 2.05) is 74.5 Å². The van der Waals surface area contributed by atoms with Gasteiger partial charge in [-0.05, 0) is 62.1 Å². The Kier molecular flexibility index (Phi) is 17.1. The Morgan fingerprint density at radius 1 is 0.741 bits per heavy atom. The molecule has 17 nitrogen and oxygen atoms in total. The van der Waals surface area contributed by atoms with E-state index < -0.39 is 72.8 Å². The highest BCUT2D eigenvalue weighted by molar-refractivity contribution is 5.95. The molecule has 2 heterocycles. The lowest BCUT2D eigenvalue weighted by molar-refractivity contribution is -0.160. The molecule has 2 saturated heterocycles. The zero-order valence-electron chi connectivity index (χ0n) is 33.3. The van der Waals surface area contributed by atoms with Gasteiger partial charge in [-0.2, -0.15) is 0 Å². The molecule has 316 valence electrons. The second kappa shape index (κ2) is 21.9. The number of hydrogen-bond acceptors (Lipinski definition) is 10. The van der Waals surface area contributed by atoms with Gasteiger partial charge in [0, 0.05) is 31.6 Å². The Hall–Kier alpha value is -5.39. The molecule has 2 bridgehead atoms. The summed E-state index contributed by atoms with van der Waals surface area (Å²) in [5, 5.41) is 26.9. The molecule has 58 heavy (non-hydrogen) atoms. The van der Waals surface area contributed by atoms with Gasteiger partial charge in [-0.3, -0.25) is 38.5 Å². The van der Waals surface area contributed by atoms with Crippen molar-refractivity contribution < 1.29 is 43.8 Å². The SMILES string of the molecule is CC(C)CC(NC(=O)C(Cc1ccccc1)NC(=O)C(N)Cc1ccccc1)C(=O)NC(CCCCN)C(=O)N1C2CC1CN(CC(=O)N(CC(=O)O)CC(=O)O)C2. The Balaban J connectivity index is 1.45. The van der Waals surface area contributed by atoms with Gasteiger partial charge in [-0.25, -0.2) is 0 Å². The van der Waals surface area contributed by atoms with Gasteiger partial charge in [0.25, 0.3) is 0 Å². The van der Waals surface area contributed by atoms with Crippen molar-refractivity contribution in [1.29, 1.82) is 0 Å². The summed E-state index contributed by atoms with van der Waals surface area (Å²) in [6.07, 6.45) is 2.79. The monoisotopic (exact) mass is 806 g/mol. The number of nitrogens with two attached hydrogens (primary N) is 2. The van der Waals surface area contributed by atoms with Crippen LogP contribution in [-0.2, 0) is 46.4 Å². The Morgan fingerprint density at radius 2 is 1.26 bits per heavy atom. The fourth-order valence-electron chi connectivity index (χ4n) is 7.51. The van der Waals surface area contributed by atoms with E-state index in [2.05, 4.69) is 16.0 Å². The third kappa shape index (κ3) is 13.6. The van der Waals surface area contributed by atoms with E-state index in [1.54, 1.807) is 9.80 Å². The topological polar surface area (TPSA) is 258 Å². The van der Waals surface area contributed by atoms with Gasteiger partial charge in [0.05, 0.1) is 12.6 Å². The van der Waals surface area contributed by atoms with Gasteiger partial charge in [0.15, 0.2) is 0 Å². The number of carbonyl (C=O) groups is 7. The van der Waals surface area contributed by atoms with Crippen molar-refractivity contribution in [2.75, 3.05) is 39.3 Å². The van der Waals surface area contributed by atoms with Crippen LogP contribution in [0.1, 0.15) is 57.1 Å². The molecule has 4 rings (SSSR count). The Morgan fingerprint density at radius 3 is 1.79 bits per heavy atom. The summed E-state index contributed by atoms with van der Waals surface area (Å²) in [6.45, 7) is 3.12. The first-order valence-corrected chi connectivity index (χ1v) is 19.9. The zero-order valence-corrected chi connectivity index (χ0v) is 33.3. The number of benzene rings is 2. The van der Waals surface area contributed by atoms with E-state index in [1.165, 1.54) is 0 Å². The van der Waals surface area contributed by atoms with Crippen molar-refractivity contribution in [2.24, 2.45) is 17.4 Å². The maximum absolute atomic E-state index is 14.2. The molecule has 0 spiro atoms. The maximum atomic E-state index is 14.2. The number of rotatable bonds is 23. The number of aliphatic carboxylic acids is 2. The van der Waals surface area contributed by atoms with Gasteiger partial charge < -0.3 is 47.4 Å². The van der Waals surface area contributed by atoms with Crippen LogP contribution in [0.25, 0.3) is 0 Å². The van der Waals surface area contributed by atoms with E-state index in [-0.39, 0.29) is 49.7 Å². The summed E-state index contributed by atoms with van der Waals surface area (Å²) in [7, 11) is 0. The van der Waals surface area contributed by atoms with Crippen LogP contribution in [0.15, 0.2) is 60.7 Å². The van der Waals surface area contributed by atoms with Crippen LogP contribution in [0.2, 0.25) is 0 Å². The number of unbranched alkanes of at least 4 members (excludes halogenated alkanes) is 1. The van der Waals surface area contributed by atoms with Crippen LogP contribution < -0.4 is 27.4 Å². The standard InChI is InChI=1S/C41H58N8O9/c1-26(2)17-33(46-40(57)34(19-28-13-7-4-8-14-28)45-38(55)31(43)18-27-11-5-3-6-12-27)39(56)44-32(15-9-10-16-42)41(58)49-29-20-30(49)22-47(21-29)23-35(50)48(24-36(51)52)25-37(53)54/h3-8,11-14,26,29-34H,9-10,15-25,42-43H2,1-2H3,(H,44,56)(H,45,55)(H,46,57)(H,51,52)(H,53,54). The number of fused-ring (bicyclic) bond motifs is 2. The number of carboxylic acid groups (broad SMARTS) is 2. The number of carbonyl (C=O) groups excluding carboxylic acids is 5. The number of piperidine rings is 1. The molecule has 5 amide bonds. The molecule has 2 fully saturated rings. The second-order valence-electron chi connectivity index (χ2n) is 15.6. The molecule has 2 aromatic carbocycles. The van der Waals surface area contributed by atoms with Gasteiger partial charge in [0.2, 0.25) is 29.5 Å². The summed E-state index contributed by atoms with van der Waals surface area (Å²) >= 11 is 0. The lowest BCUT2D eigenvalue weighted by Gasteiger charge is -2.57. The lowest BCUT2D eigenvalue weighted by atomic mass is 9.86. The minimum Gasteiger partial charge on any atom is -0.480 e. The highest BCUT2D eigenvalue weighted by atomic mass is 16.4. The molecular weight excluding hydrogens is 748 g/mol. The van der Waals surface area contributed by atoms with Crippen molar-refractivity contribution in [3.8, 4) is 0 Å². The summed E-state index contributed by atoms with van der Waals surface area (Å²) in [4.78, 5) is 95.2. The molecular formula is C41H58N8O9. The summed E-state index contributed by atoms with van der Waals surface area (Å²) < 4.78 is 0. The molecule has 2 aliphatic rings. The van der Waals surface area contributed by atoms with Crippen LogP contribution in [0.3, 0.4) is 0 Å². The molecule has 0 saturated carbocycles. The number of amides is 5. The fraction of sp³-hybridized carbons (Fsp3) is 0.537. The van der Waals surface area contributed by atoms with Crippen LogP contribution in [0.5, 0.6) is 0 Å². The fourth-order valence-corrected chi connectivity index (χ4v) is 7.51. The van der Waals surface area contributed by atoms with Crippen molar-refractivity contribution in [2.45, 2.75) is 95.0 Å². The highest BCUT2D eigenvalue weighted by Crippen LogP contribution is 2.33. The molecule has 9 N–H and O–H groups in total. The normalized spacial score (nSPS) is 18.2. The van der Waals surface area contributed by atoms with Crippen LogP contribution >= 0.6 is 0 Å². The van der Waals surface area contributed by atoms with Gasteiger partial charge in [-0.15, -0.1) is 0 Å². The molecule has 6 unspecified atom stereocenters. The predicted octanol–water partition coefficient (Wildman–Crippen LogP) is -0.288. The summed E-state index contributed by atoms with van der Waals surface area (Å²) in [5.74, 6) is -5.28. The largest absolute Gasteiger partial charge is 0.480 e. The molecule has 0 aliphatic carbocycles. The quantitative estimate of drug-likeness (QED) is 0.0716. The number of carboxylic acids is 2. The molecule has 0 radical (unpaired) electrons. The molecule has 17 heteroatoms. The van der Waals surface area contributed by atoms with Gasteiger partial charge >= 0.3 is 11.9 Å². The molecule has 2 aliphatic heterocycles. The average Bonchev–Trinajstić information content (AvgIpc) is 3.16. The Bertz CT molecular complexity index is 1700. The minimum atomic E-state index is -1.33. The second-order valence-corrected chi connectivity index (χ2v) is 15.6. The smallest absolute Gasteiger partial charge is 0.323 e. The summed E-state index contributed by atoms with van der Waals surface area (Å²) in [5.41, 5.74) is 13.7. The van der Waals surface area contributed by atoms with E-state index in [0.717, 1.165) is 16.0 Å². The van der Waals surface area contributed by atoms with Crippen LogP contribution in [0, 0.1) is 5.92 Å². The molecule has 2 aromatic rings. The summed E-state index contributed by atoms with van der Waals surface area (Å²) in [6, 6.07) is 13.9. The Labute approximate surface area is 338 Å². The zero-order chi connectivity index (χ0) is 42.4. The molecule has 0 aromatic heterocycles. The number of piperazine rings is 1. The van der Waals surface area contributed by atoms with Crippen molar-refractivity contribution in [3.05, 3.63) is 71.8 Å². The first-order valence-electron chi connectivity index (χ1n) is 19.9. The van der Waals surface area contributed by atoms with E-state index >= 15 is 0 Å². The van der Waals surface area contributed by atoms with Crippen molar-refractivity contribution >= 4 is 41.5 Å². The lowest BCUT2D eigenvalue weighted by Crippen LogP contribution is -2.73.